The monoisotopic (exact) mass is 504 g/mol. The molecule has 1 aliphatic rings. The molecule has 190 valence electrons. The first kappa shape index (κ1) is 26.2. The molecule has 3 aromatic rings. The van der Waals surface area contributed by atoms with Crippen molar-refractivity contribution in [1.82, 2.24) is 0 Å². The molecule has 1 fully saturated rings. The highest BCUT2D eigenvalue weighted by atomic mass is 16.7. The first-order valence-corrected chi connectivity index (χ1v) is 11.3. The van der Waals surface area contributed by atoms with E-state index >= 15 is 0 Å². The van der Waals surface area contributed by atoms with E-state index in [0.717, 1.165) is 6.92 Å². The zero-order valence-corrected chi connectivity index (χ0v) is 19.6. The normalized spacial score (nSPS) is 27.9. The van der Waals surface area contributed by atoms with E-state index in [0.29, 0.717) is 0 Å². The minimum absolute atomic E-state index is 0.0516. The summed E-state index contributed by atoms with van der Waals surface area (Å²) in [5.41, 5.74) is -7.74. The van der Waals surface area contributed by atoms with Gasteiger partial charge in [0.2, 0.25) is 17.2 Å². The molecular formula is C28H24O9. The molecule has 1 heterocycles. The summed E-state index contributed by atoms with van der Waals surface area (Å²) in [6.45, 7) is 0.768. The SMILES string of the molecule is CC(=O)[C@@]1(O)O[C@H](C(O)C(=O)c2ccccc2)[C@](O)(C(=O)c2ccccc2)[C@]1(O)C(=O)c1ccccc1. The van der Waals surface area contributed by atoms with E-state index in [1.807, 2.05) is 0 Å². The maximum Gasteiger partial charge on any atom is 0.267 e. The maximum atomic E-state index is 13.8. The molecule has 0 bridgehead atoms. The van der Waals surface area contributed by atoms with Gasteiger partial charge in [0.25, 0.3) is 5.79 Å². The highest BCUT2D eigenvalue weighted by Gasteiger charge is 2.82. The van der Waals surface area contributed by atoms with E-state index in [-0.39, 0.29) is 16.7 Å². The second kappa shape index (κ2) is 9.55. The van der Waals surface area contributed by atoms with Crippen LogP contribution in [-0.2, 0) is 9.53 Å². The molecule has 0 spiro atoms. The first-order chi connectivity index (χ1) is 17.5. The van der Waals surface area contributed by atoms with E-state index in [1.165, 1.54) is 72.8 Å². The Morgan fingerprint density at radius 2 is 1.11 bits per heavy atom. The molecular weight excluding hydrogens is 480 g/mol. The van der Waals surface area contributed by atoms with Gasteiger partial charge in [0.05, 0.1) is 0 Å². The summed E-state index contributed by atoms with van der Waals surface area (Å²) in [6.07, 6.45) is -4.82. The van der Waals surface area contributed by atoms with Crippen LogP contribution in [0.15, 0.2) is 91.0 Å². The molecule has 9 nitrogen and oxygen atoms in total. The Bertz CT molecular complexity index is 1340. The van der Waals surface area contributed by atoms with Crippen molar-refractivity contribution in [3.05, 3.63) is 108 Å². The van der Waals surface area contributed by atoms with Crippen LogP contribution < -0.4 is 0 Å². The van der Waals surface area contributed by atoms with Crippen LogP contribution in [0, 0.1) is 0 Å². The summed E-state index contributed by atoms with van der Waals surface area (Å²) < 4.78 is 5.32. The summed E-state index contributed by atoms with van der Waals surface area (Å²) in [6, 6.07) is 21.1. The fraction of sp³-hybridized carbons (Fsp3) is 0.214. The van der Waals surface area contributed by atoms with Gasteiger partial charge in [-0.25, -0.2) is 0 Å². The van der Waals surface area contributed by atoms with Crippen molar-refractivity contribution in [3.8, 4) is 0 Å². The van der Waals surface area contributed by atoms with E-state index in [9.17, 15) is 39.6 Å². The summed E-state index contributed by atoms with van der Waals surface area (Å²) in [7, 11) is 0. The Balaban J connectivity index is 1.98. The van der Waals surface area contributed by atoms with Gasteiger partial charge in [0, 0.05) is 23.6 Å². The number of ether oxygens (including phenoxy) is 1. The Kier molecular flexibility index (Phi) is 6.76. The van der Waals surface area contributed by atoms with Crippen LogP contribution >= 0.6 is 0 Å². The van der Waals surface area contributed by atoms with Crippen LogP contribution in [0.4, 0.5) is 0 Å². The molecule has 3 aromatic carbocycles. The molecule has 1 saturated heterocycles. The van der Waals surface area contributed by atoms with Crippen LogP contribution in [0.3, 0.4) is 0 Å². The van der Waals surface area contributed by atoms with Gasteiger partial charge in [-0.2, -0.15) is 0 Å². The van der Waals surface area contributed by atoms with Crippen molar-refractivity contribution in [3.63, 3.8) is 0 Å². The fourth-order valence-electron chi connectivity index (χ4n) is 4.59. The summed E-state index contributed by atoms with van der Waals surface area (Å²) in [5, 5.41) is 46.3. The first-order valence-electron chi connectivity index (χ1n) is 11.3. The number of aliphatic hydroxyl groups is 4. The van der Waals surface area contributed by atoms with Gasteiger partial charge in [0.15, 0.2) is 17.2 Å². The second-order valence-electron chi connectivity index (χ2n) is 8.78. The van der Waals surface area contributed by atoms with Crippen LogP contribution in [0.5, 0.6) is 0 Å². The predicted octanol–water partition coefficient (Wildman–Crippen LogP) is 1.13. The third kappa shape index (κ3) is 3.85. The summed E-state index contributed by atoms with van der Waals surface area (Å²) in [5.74, 6) is -8.70. The van der Waals surface area contributed by atoms with E-state index < -0.39 is 52.3 Å². The number of aliphatic hydroxyl groups excluding tert-OH is 1. The lowest BCUT2D eigenvalue weighted by molar-refractivity contribution is -0.241. The molecule has 0 radical (unpaired) electrons. The summed E-state index contributed by atoms with van der Waals surface area (Å²) >= 11 is 0. The van der Waals surface area contributed by atoms with Gasteiger partial charge in [-0.3, -0.25) is 19.2 Å². The second-order valence-corrected chi connectivity index (χ2v) is 8.78. The number of hydrogen-bond acceptors (Lipinski definition) is 9. The molecule has 9 heteroatoms. The number of carbonyl (C=O) groups is 4. The number of carbonyl (C=O) groups excluding carboxylic acids is 4. The predicted molar refractivity (Wildman–Crippen MR) is 129 cm³/mol. The average molecular weight is 504 g/mol. The van der Waals surface area contributed by atoms with Gasteiger partial charge in [-0.05, 0) is 0 Å². The molecule has 0 aromatic heterocycles. The van der Waals surface area contributed by atoms with Crippen LogP contribution in [-0.4, -0.2) is 72.8 Å². The van der Waals surface area contributed by atoms with Gasteiger partial charge < -0.3 is 25.2 Å². The largest absolute Gasteiger partial charge is 0.382 e. The van der Waals surface area contributed by atoms with Gasteiger partial charge >= 0.3 is 0 Å². The third-order valence-corrected chi connectivity index (χ3v) is 6.59. The zero-order valence-electron chi connectivity index (χ0n) is 19.6. The highest BCUT2D eigenvalue weighted by molar-refractivity contribution is 6.16. The highest BCUT2D eigenvalue weighted by Crippen LogP contribution is 2.50. The van der Waals surface area contributed by atoms with Crippen molar-refractivity contribution in [1.29, 1.82) is 0 Å². The van der Waals surface area contributed by atoms with Crippen LogP contribution in [0.1, 0.15) is 38.0 Å². The number of hydrogen-bond donors (Lipinski definition) is 4. The topological polar surface area (TPSA) is 158 Å². The smallest absolute Gasteiger partial charge is 0.267 e. The lowest BCUT2D eigenvalue weighted by atomic mass is 9.66. The zero-order chi connectivity index (χ0) is 27.0. The quantitative estimate of drug-likeness (QED) is 0.330. The Morgan fingerprint density at radius 1 is 0.703 bits per heavy atom. The van der Waals surface area contributed by atoms with Crippen molar-refractivity contribution in [2.45, 2.75) is 36.1 Å². The third-order valence-electron chi connectivity index (χ3n) is 6.59. The van der Waals surface area contributed by atoms with Crippen molar-refractivity contribution < 1.29 is 44.3 Å². The molecule has 0 amide bonds. The van der Waals surface area contributed by atoms with Crippen LogP contribution in [0.25, 0.3) is 0 Å². The van der Waals surface area contributed by atoms with E-state index in [4.69, 9.17) is 4.74 Å². The molecule has 5 atom stereocenters. The molecule has 37 heavy (non-hydrogen) atoms. The fourth-order valence-corrected chi connectivity index (χ4v) is 4.59. The maximum absolute atomic E-state index is 13.8. The molecule has 1 unspecified atom stereocenters. The average Bonchev–Trinajstić information content (AvgIpc) is 3.13. The van der Waals surface area contributed by atoms with Gasteiger partial charge in [-0.1, -0.05) is 91.0 Å². The molecule has 0 saturated carbocycles. The van der Waals surface area contributed by atoms with Crippen molar-refractivity contribution in [2.24, 2.45) is 0 Å². The van der Waals surface area contributed by atoms with E-state index in [2.05, 4.69) is 0 Å². The standard InChI is InChI=1S/C28H24O9/c1-17(29)28(36)27(35,24(33)20-15-9-4-10-16-20)26(34,23(32)19-13-7-3-8-14-19)25(37-28)22(31)21(30)18-11-5-2-6-12-18/h2-16,22,25,31,34-36H,1H3/t22?,25-,26-,27-,28-/m1/s1. The molecule has 1 aliphatic heterocycles. The number of rotatable bonds is 8. The van der Waals surface area contributed by atoms with Crippen molar-refractivity contribution in [2.75, 3.05) is 0 Å². The molecule has 4 N–H and O–H groups in total. The minimum atomic E-state index is -3.66. The number of benzene rings is 3. The van der Waals surface area contributed by atoms with Gasteiger partial charge in [-0.15, -0.1) is 0 Å². The Morgan fingerprint density at radius 3 is 1.54 bits per heavy atom. The van der Waals surface area contributed by atoms with Crippen LogP contribution in [0.2, 0.25) is 0 Å². The Labute approximate surface area is 211 Å². The lowest BCUT2D eigenvalue weighted by Crippen LogP contribution is -2.73. The Hall–Kier alpha value is -3.86. The van der Waals surface area contributed by atoms with Gasteiger partial charge in [0.1, 0.15) is 12.2 Å². The molecule has 0 aliphatic carbocycles. The number of Topliss-reactive ketones (excluding diaryl/α,β-unsaturated/α-hetero) is 4. The summed E-state index contributed by atoms with van der Waals surface area (Å²) in [4.78, 5) is 53.4. The molecule has 4 rings (SSSR count). The minimum Gasteiger partial charge on any atom is -0.382 e. The van der Waals surface area contributed by atoms with Crippen molar-refractivity contribution >= 4 is 23.1 Å². The lowest BCUT2D eigenvalue weighted by Gasteiger charge is -2.40. The number of ketones is 4. The van der Waals surface area contributed by atoms with E-state index in [1.54, 1.807) is 18.2 Å².